The monoisotopic (exact) mass is 375 g/mol. The quantitative estimate of drug-likeness (QED) is 0.714. The van der Waals surface area contributed by atoms with Gasteiger partial charge in [-0.15, -0.1) is 0 Å². The minimum atomic E-state index is -0.0264. The van der Waals surface area contributed by atoms with E-state index < -0.39 is 0 Å². The summed E-state index contributed by atoms with van der Waals surface area (Å²) in [5.41, 5.74) is 10.4. The molecule has 0 saturated heterocycles. The third-order valence-corrected chi connectivity index (χ3v) is 4.01. The molecule has 0 spiro atoms. The summed E-state index contributed by atoms with van der Waals surface area (Å²) < 4.78 is 1.24. The zero-order valence-electron chi connectivity index (χ0n) is 10.8. The molecule has 3 aromatic rings. The average Bonchev–Trinajstić information content (AvgIpc) is 2.49. The minimum Gasteiger partial charge on any atom is -0.324 e. The van der Waals surface area contributed by atoms with Crippen molar-refractivity contribution in [2.75, 3.05) is 0 Å². The van der Waals surface area contributed by atoms with Gasteiger partial charge in [0.15, 0.2) is 0 Å². The Morgan fingerprint density at radius 2 is 1.65 bits per heavy atom. The molecule has 4 heteroatoms. The maximum Gasteiger partial charge on any atom is 0.0890 e. The molecule has 3 nitrogen and oxygen atoms in total. The van der Waals surface area contributed by atoms with Crippen LogP contribution in [0, 0.1) is 3.57 Å². The highest BCUT2D eigenvalue weighted by Crippen LogP contribution is 2.20. The number of fused-ring (bicyclic) bond motifs is 1. The van der Waals surface area contributed by atoms with Crippen molar-refractivity contribution in [2.24, 2.45) is 5.73 Å². The first-order valence-electron chi connectivity index (χ1n) is 6.43. The van der Waals surface area contributed by atoms with Crippen LogP contribution in [-0.2, 0) is 6.42 Å². The average molecular weight is 375 g/mol. The molecule has 0 aliphatic carbocycles. The van der Waals surface area contributed by atoms with Crippen LogP contribution in [0.2, 0.25) is 0 Å². The number of rotatable bonds is 3. The molecular weight excluding hydrogens is 361 g/mol. The lowest BCUT2D eigenvalue weighted by molar-refractivity contribution is 0.722. The van der Waals surface area contributed by atoms with Crippen LogP contribution in [-0.4, -0.2) is 9.97 Å². The Morgan fingerprint density at radius 3 is 2.40 bits per heavy atom. The molecule has 1 atom stereocenters. The molecule has 0 fully saturated rings. The van der Waals surface area contributed by atoms with Crippen LogP contribution in [0.15, 0.2) is 54.9 Å². The lowest BCUT2D eigenvalue weighted by Crippen LogP contribution is -2.13. The summed E-state index contributed by atoms with van der Waals surface area (Å²) in [6.07, 6.45) is 4.23. The summed E-state index contributed by atoms with van der Waals surface area (Å²) in [6.45, 7) is 0. The molecule has 2 aromatic carbocycles. The SMILES string of the molecule is NC(Cc1ccc(I)cc1)c1ccc2nccnc2c1. The molecule has 1 heterocycles. The molecule has 100 valence electrons. The van der Waals surface area contributed by atoms with E-state index in [1.807, 2.05) is 18.2 Å². The van der Waals surface area contributed by atoms with Gasteiger partial charge in [0.1, 0.15) is 0 Å². The van der Waals surface area contributed by atoms with Gasteiger partial charge >= 0.3 is 0 Å². The van der Waals surface area contributed by atoms with Gasteiger partial charge in [0.2, 0.25) is 0 Å². The van der Waals surface area contributed by atoms with Gasteiger partial charge in [-0.2, -0.15) is 0 Å². The van der Waals surface area contributed by atoms with Gasteiger partial charge in [0.05, 0.1) is 11.0 Å². The summed E-state index contributed by atoms with van der Waals surface area (Å²) in [7, 11) is 0. The molecule has 2 N–H and O–H groups in total. The van der Waals surface area contributed by atoms with E-state index in [9.17, 15) is 0 Å². The highest BCUT2D eigenvalue weighted by Gasteiger charge is 2.08. The van der Waals surface area contributed by atoms with Gasteiger partial charge in [-0.1, -0.05) is 18.2 Å². The lowest BCUT2D eigenvalue weighted by Gasteiger charge is -2.12. The second-order valence-corrected chi connectivity index (χ2v) is 5.99. The number of benzene rings is 2. The van der Waals surface area contributed by atoms with Gasteiger partial charge in [0, 0.05) is 22.0 Å². The highest BCUT2D eigenvalue weighted by atomic mass is 127. The number of halogens is 1. The van der Waals surface area contributed by atoms with Crippen molar-refractivity contribution in [2.45, 2.75) is 12.5 Å². The molecule has 3 rings (SSSR count). The summed E-state index contributed by atoms with van der Waals surface area (Å²) in [5, 5.41) is 0. The van der Waals surface area contributed by atoms with Crippen LogP contribution < -0.4 is 5.73 Å². The first kappa shape index (κ1) is 13.5. The molecule has 0 saturated carbocycles. The maximum atomic E-state index is 6.31. The van der Waals surface area contributed by atoms with E-state index in [-0.39, 0.29) is 6.04 Å². The van der Waals surface area contributed by atoms with E-state index in [2.05, 4.69) is 56.8 Å². The molecule has 20 heavy (non-hydrogen) atoms. The van der Waals surface area contributed by atoms with Gasteiger partial charge in [0.25, 0.3) is 0 Å². The molecule has 0 amide bonds. The number of nitrogens with zero attached hydrogens (tertiary/aromatic N) is 2. The molecule has 1 aromatic heterocycles. The minimum absolute atomic E-state index is 0.0264. The van der Waals surface area contributed by atoms with Crippen LogP contribution in [0.25, 0.3) is 11.0 Å². The Bertz CT molecular complexity index is 725. The fourth-order valence-corrected chi connectivity index (χ4v) is 2.56. The van der Waals surface area contributed by atoms with E-state index in [1.54, 1.807) is 12.4 Å². The zero-order chi connectivity index (χ0) is 13.9. The Labute approximate surface area is 131 Å². The van der Waals surface area contributed by atoms with E-state index in [4.69, 9.17) is 5.73 Å². The van der Waals surface area contributed by atoms with Crippen molar-refractivity contribution in [3.63, 3.8) is 0 Å². The Balaban J connectivity index is 1.84. The fourth-order valence-electron chi connectivity index (χ4n) is 2.20. The van der Waals surface area contributed by atoms with Crippen molar-refractivity contribution in [3.05, 3.63) is 69.6 Å². The Morgan fingerprint density at radius 1 is 0.950 bits per heavy atom. The van der Waals surface area contributed by atoms with Gasteiger partial charge in [-0.25, -0.2) is 0 Å². The van der Waals surface area contributed by atoms with Crippen LogP contribution in [0.3, 0.4) is 0 Å². The smallest absolute Gasteiger partial charge is 0.0890 e. The summed E-state index contributed by atoms with van der Waals surface area (Å²) in [4.78, 5) is 8.60. The highest BCUT2D eigenvalue weighted by molar-refractivity contribution is 14.1. The number of hydrogen-bond acceptors (Lipinski definition) is 3. The second kappa shape index (κ2) is 5.85. The van der Waals surface area contributed by atoms with Crippen molar-refractivity contribution >= 4 is 33.6 Å². The number of hydrogen-bond donors (Lipinski definition) is 1. The molecule has 0 aliphatic heterocycles. The molecule has 0 bridgehead atoms. The molecule has 0 radical (unpaired) electrons. The normalized spacial score (nSPS) is 12.5. The van der Waals surface area contributed by atoms with Gasteiger partial charge in [-0.05, 0) is 64.4 Å². The van der Waals surface area contributed by atoms with Crippen LogP contribution >= 0.6 is 22.6 Å². The third-order valence-electron chi connectivity index (χ3n) is 3.29. The first-order valence-corrected chi connectivity index (χ1v) is 7.51. The van der Waals surface area contributed by atoms with Crippen LogP contribution in [0.1, 0.15) is 17.2 Å². The van der Waals surface area contributed by atoms with Crippen molar-refractivity contribution in [1.82, 2.24) is 9.97 Å². The van der Waals surface area contributed by atoms with E-state index in [1.165, 1.54) is 9.13 Å². The molecular formula is C16H14IN3. The summed E-state index contributed by atoms with van der Waals surface area (Å²) in [5.74, 6) is 0. The van der Waals surface area contributed by atoms with E-state index in [0.29, 0.717) is 0 Å². The Hall–Kier alpha value is -1.53. The molecule has 0 aliphatic rings. The predicted molar refractivity (Wildman–Crippen MR) is 89.3 cm³/mol. The standard InChI is InChI=1S/C16H14IN3/c17-13-4-1-11(2-5-13)9-14(18)12-3-6-15-16(10-12)20-8-7-19-15/h1-8,10,14H,9,18H2. The van der Waals surface area contributed by atoms with E-state index >= 15 is 0 Å². The predicted octanol–water partition coefficient (Wildman–Crippen LogP) is 3.48. The van der Waals surface area contributed by atoms with Crippen LogP contribution in [0.4, 0.5) is 0 Å². The summed E-state index contributed by atoms with van der Waals surface area (Å²) >= 11 is 2.30. The fraction of sp³-hybridized carbons (Fsp3) is 0.125. The van der Waals surface area contributed by atoms with Gasteiger partial charge in [-0.3, -0.25) is 9.97 Å². The first-order chi connectivity index (χ1) is 9.72. The number of aromatic nitrogens is 2. The maximum absolute atomic E-state index is 6.31. The largest absolute Gasteiger partial charge is 0.324 e. The summed E-state index contributed by atoms with van der Waals surface area (Å²) in [6, 6.07) is 14.5. The molecule has 1 unspecified atom stereocenters. The third kappa shape index (κ3) is 2.96. The van der Waals surface area contributed by atoms with Crippen molar-refractivity contribution in [1.29, 1.82) is 0 Å². The second-order valence-electron chi connectivity index (χ2n) is 4.74. The zero-order valence-corrected chi connectivity index (χ0v) is 13.0. The van der Waals surface area contributed by atoms with E-state index in [0.717, 1.165) is 23.0 Å². The van der Waals surface area contributed by atoms with Gasteiger partial charge < -0.3 is 5.73 Å². The number of nitrogens with two attached hydrogens (primary N) is 1. The van der Waals surface area contributed by atoms with Crippen molar-refractivity contribution < 1.29 is 0 Å². The van der Waals surface area contributed by atoms with Crippen molar-refractivity contribution in [3.8, 4) is 0 Å². The topological polar surface area (TPSA) is 51.8 Å². The Kier molecular flexibility index (Phi) is 3.93. The van der Waals surface area contributed by atoms with Crippen LogP contribution in [0.5, 0.6) is 0 Å². The lowest BCUT2D eigenvalue weighted by atomic mass is 9.99.